The molecule has 2 nitrogen and oxygen atoms in total. The van der Waals surface area contributed by atoms with Gasteiger partial charge in [-0.05, 0) is 43.8 Å². The largest absolute Gasteiger partial charge is 0.326 e. The predicted molar refractivity (Wildman–Crippen MR) is 92.7 cm³/mol. The minimum atomic E-state index is 0.120. The summed E-state index contributed by atoms with van der Waals surface area (Å²) in [5, 5.41) is 0.780. The Morgan fingerprint density at radius 1 is 1.30 bits per heavy atom. The molecule has 0 fully saturated rings. The van der Waals surface area contributed by atoms with Crippen LogP contribution >= 0.6 is 23.4 Å². The van der Waals surface area contributed by atoms with E-state index >= 15 is 0 Å². The second kappa shape index (κ2) is 8.93. The van der Waals surface area contributed by atoms with E-state index in [1.807, 2.05) is 30.0 Å². The Morgan fingerprint density at radius 3 is 2.50 bits per heavy atom. The first-order valence-corrected chi connectivity index (χ1v) is 9.04. The third-order valence-corrected chi connectivity index (χ3v) is 4.87. The van der Waals surface area contributed by atoms with Gasteiger partial charge in [0.1, 0.15) is 0 Å². The zero-order chi connectivity index (χ0) is 15.1. The number of hydrogen-bond donors (Lipinski definition) is 1. The van der Waals surface area contributed by atoms with E-state index in [-0.39, 0.29) is 12.1 Å². The van der Waals surface area contributed by atoms with E-state index in [4.69, 9.17) is 17.3 Å². The van der Waals surface area contributed by atoms with Gasteiger partial charge in [-0.1, -0.05) is 37.6 Å². The van der Waals surface area contributed by atoms with Gasteiger partial charge in [0, 0.05) is 28.9 Å². The Hall–Kier alpha value is -0.220. The standard InChI is InChI=1S/C16H27ClN2S/c1-5-14(11-20-4)19(3)16(15(18)6-2)12-8-7-9-13(17)10-12/h7-10,14-16H,5-6,11,18H2,1-4H3. The van der Waals surface area contributed by atoms with Crippen molar-refractivity contribution < 1.29 is 0 Å². The van der Waals surface area contributed by atoms with Crippen molar-refractivity contribution in [3.63, 3.8) is 0 Å². The van der Waals surface area contributed by atoms with Crippen LogP contribution in [0.15, 0.2) is 24.3 Å². The molecule has 3 unspecified atom stereocenters. The maximum absolute atomic E-state index is 6.40. The number of rotatable bonds is 8. The van der Waals surface area contributed by atoms with Crippen LogP contribution in [0.3, 0.4) is 0 Å². The molecule has 1 aromatic carbocycles. The lowest BCUT2D eigenvalue weighted by atomic mass is 9.95. The molecule has 0 spiro atoms. The third-order valence-electron chi connectivity index (χ3n) is 3.91. The van der Waals surface area contributed by atoms with Crippen LogP contribution in [0.1, 0.15) is 38.3 Å². The Bertz CT molecular complexity index is 400. The van der Waals surface area contributed by atoms with Crippen molar-refractivity contribution in [1.29, 1.82) is 0 Å². The summed E-state index contributed by atoms with van der Waals surface area (Å²) in [6.45, 7) is 4.38. The summed E-state index contributed by atoms with van der Waals surface area (Å²) in [6, 6.07) is 8.98. The summed E-state index contributed by atoms with van der Waals surface area (Å²) in [5.74, 6) is 1.13. The summed E-state index contributed by atoms with van der Waals surface area (Å²) in [5.41, 5.74) is 7.61. The van der Waals surface area contributed by atoms with Gasteiger partial charge in [0.2, 0.25) is 0 Å². The predicted octanol–water partition coefficient (Wildman–Crippen LogP) is 4.19. The Morgan fingerprint density at radius 2 is 2.00 bits per heavy atom. The van der Waals surface area contributed by atoms with Crippen LogP contribution in [0.2, 0.25) is 5.02 Å². The highest BCUT2D eigenvalue weighted by molar-refractivity contribution is 7.98. The van der Waals surface area contributed by atoms with Crippen molar-refractivity contribution in [3.8, 4) is 0 Å². The summed E-state index contributed by atoms with van der Waals surface area (Å²) in [4.78, 5) is 2.43. The van der Waals surface area contributed by atoms with E-state index in [1.54, 1.807) is 0 Å². The van der Waals surface area contributed by atoms with Gasteiger partial charge in [-0.2, -0.15) is 11.8 Å². The van der Waals surface area contributed by atoms with Gasteiger partial charge in [0.25, 0.3) is 0 Å². The van der Waals surface area contributed by atoms with Crippen molar-refractivity contribution in [2.45, 2.75) is 44.8 Å². The molecule has 0 amide bonds. The van der Waals surface area contributed by atoms with Gasteiger partial charge in [0.15, 0.2) is 0 Å². The first kappa shape index (κ1) is 17.8. The summed E-state index contributed by atoms with van der Waals surface area (Å²) in [6.07, 6.45) is 4.24. The Labute approximate surface area is 133 Å². The van der Waals surface area contributed by atoms with E-state index in [2.05, 4.69) is 38.1 Å². The highest BCUT2D eigenvalue weighted by atomic mass is 35.5. The molecule has 20 heavy (non-hydrogen) atoms. The number of thioether (sulfide) groups is 1. The van der Waals surface area contributed by atoms with E-state index in [0.29, 0.717) is 6.04 Å². The molecule has 0 radical (unpaired) electrons. The molecule has 3 atom stereocenters. The second-order valence-corrected chi connectivity index (χ2v) is 6.60. The molecule has 0 saturated heterocycles. The second-order valence-electron chi connectivity index (χ2n) is 5.25. The number of likely N-dealkylation sites (N-methyl/N-ethyl adjacent to an activating group) is 1. The fourth-order valence-electron chi connectivity index (χ4n) is 2.64. The highest BCUT2D eigenvalue weighted by Crippen LogP contribution is 2.29. The van der Waals surface area contributed by atoms with E-state index in [1.165, 1.54) is 5.56 Å². The van der Waals surface area contributed by atoms with Gasteiger partial charge in [0.05, 0.1) is 0 Å². The van der Waals surface area contributed by atoms with Crippen LogP contribution in [0.5, 0.6) is 0 Å². The van der Waals surface area contributed by atoms with Crippen LogP contribution in [0, 0.1) is 0 Å². The molecule has 0 aromatic heterocycles. The van der Waals surface area contributed by atoms with Gasteiger partial charge in [-0.15, -0.1) is 0 Å². The maximum Gasteiger partial charge on any atom is 0.0499 e. The summed E-state index contributed by atoms with van der Waals surface area (Å²) in [7, 11) is 2.19. The lowest BCUT2D eigenvalue weighted by Crippen LogP contribution is -2.44. The molecule has 0 heterocycles. The zero-order valence-corrected chi connectivity index (χ0v) is 14.5. The molecule has 4 heteroatoms. The van der Waals surface area contributed by atoms with Crippen molar-refractivity contribution in [3.05, 3.63) is 34.9 Å². The minimum Gasteiger partial charge on any atom is -0.326 e. The SMILES string of the molecule is CCC(N)C(c1cccc(Cl)c1)N(C)C(CC)CSC. The zero-order valence-electron chi connectivity index (χ0n) is 13.0. The Balaban J connectivity index is 3.05. The van der Waals surface area contributed by atoms with Crippen molar-refractivity contribution in [2.24, 2.45) is 5.73 Å². The number of nitrogens with zero attached hydrogens (tertiary/aromatic N) is 1. The molecule has 114 valence electrons. The van der Waals surface area contributed by atoms with Gasteiger partial charge in [-0.3, -0.25) is 4.90 Å². The van der Waals surface area contributed by atoms with Crippen LogP contribution in [-0.4, -0.2) is 36.0 Å². The Kier molecular flexibility index (Phi) is 7.96. The number of nitrogens with two attached hydrogens (primary N) is 1. The van der Waals surface area contributed by atoms with Gasteiger partial charge >= 0.3 is 0 Å². The molecular weight excluding hydrogens is 288 g/mol. The van der Waals surface area contributed by atoms with E-state index in [0.717, 1.165) is 23.6 Å². The maximum atomic E-state index is 6.40. The number of hydrogen-bond acceptors (Lipinski definition) is 3. The summed E-state index contributed by atoms with van der Waals surface area (Å²) < 4.78 is 0. The molecule has 2 N–H and O–H groups in total. The fourth-order valence-corrected chi connectivity index (χ4v) is 3.70. The van der Waals surface area contributed by atoms with Crippen molar-refractivity contribution in [1.82, 2.24) is 4.90 Å². The highest BCUT2D eigenvalue weighted by Gasteiger charge is 2.27. The van der Waals surface area contributed by atoms with Crippen LogP contribution in [0.25, 0.3) is 0 Å². The fraction of sp³-hybridized carbons (Fsp3) is 0.625. The first-order valence-electron chi connectivity index (χ1n) is 7.27. The average molecular weight is 315 g/mol. The molecular formula is C16H27ClN2S. The first-order chi connectivity index (χ1) is 9.54. The third kappa shape index (κ3) is 4.66. The molecule has 1 aromatic rings. The number of halogens is 1. The minimum absolute atomic E-state index is 0.120. The smallest absolute Gasteiger partial charge is 0.0499 e. The van der Waals surface area contributed by atoms with Gasteiger partial charge < -0.3 is 5.73 Å². The van der Waals surface area contributed by atoms with Crippen molar-refractivity contribution in [2.75, 3.05) is 19.1 Å². The van der Waals surface area contributed by atoms with Crippen LogP contribution < -0.4 is 5.73 Å². The lowest BCUT2D eigenvalue weighted by molar-refractivity contribution is 0.157. The average Bonchev–Trinajstić information content (AvgIpc) is 2.44. The number of benzene rings is 1. The quantitative estimate of drug-likeness (QED) is 0.780. The molecule has 1 rings (SSSR count). The van der Waals surface area contributed by atoms with Crippen LogP contribution in [0.4, 0.5) is 0 Å². The monoisotopic (exact) mass is 314 g/mol. The molecule has 0 aliphatic carbocycles. The van der Waals surface area contributed by atoms with Gasteiger partial charge in [-0.25, -0.2) is 0 Å². The normalized spacial score (nSPS) is 16.1. The molecule has 0 saturated carbocycles. The van der Waals surface area contributed by atoms with Crippen molar-refractivity contribution >= 4 is 23.4 Å². The molecule has 0 bridgehead atoms. The topological polar surface area (TPSA) is 29.3 Å². The van der Waals surface area contributed by atoms with E-state index < -0.39 is 0 Å². The van der Waals surface area contributed by atoms with E-state index in [9.17, 15) is 0 Å². The lowest BCUT2D eigenvalue weighted by Gasteiger charge is -2.38. The molecule has 0 aliphatic rings. The molecule has 0 aliphatic heterocycles. The van der Waals surface area contributed by atoms with Crippen LogP contribution in [-0.2, 0) is 0 Å². The summed E-state index contributed by atoms with van der Waals surface area (Å²) >= 11 is 8.04.